The van der Waals surface area contributed by atoms with Gasteiger partial charge in [-0.25, -0.2) is 0 Å². The van der Waals surface area contributed by atoms with Crippen molar-refractivity contribution in [3.8, 4) is 5.75 Å². The first kappa shape index (κ1) is 22.6. The van der Waals surface area contributed by atoms with Crippen molar-refractivity contribution < 1.29 is 18.7 Å². The van der Waals surface area contributed by atoms with Crippen molar-refractivity contribution in [3.05, 3.63) is 53.9 Å². The van der Waals surface area contributed by atoms with Crippen molar-refractivity contribution >= 4 is 22.9 Å². The minimum Gasteiger partial charge on any atom is -0.494 e. The zero-order chi connectivity index (χ0) is 23.9. The standard InChI is InChI=1S/C27H33N3O4/c1-4-33-23-12-8-6-10-19(23)16-30-25(31)22-15-24-21(13-14-34-24)29(22)17-27(30,3)26(32)28-20-11-7-5-9-18(20)2/h6,8,10,12-15,18,20H,4-5,7,9,11,16-17H2,1-3H3,(H,28,32)/t18-,20+,27-/m1/s1. The van der Waals surface area contributed by atoms with E-state index in [1.165, 1.54) is 6.42 Å². The van der Waals surface area contributed by atoms with Crippen LogP contribution in [0.1, 0.15) is 62.5 Å². The maximum Gasteiger partial charge on any atom is 0.271 e. The number of nitrogens with zero attached hydrogens (tertiary/aromatic N) is 2. The summed E-state index contributed by atoms with van der Waals surface area (Å²) in [6.45, 7) is 7.20. The zero-order valence-corrected chi connectivity index (χ0v) is 20.2. The van der Waals surface area contributed by atoms with E-state index in [1.807, 2.05) is 48.7 Å². The second kappa shape index (κ2) is 8.85. The number of ether oxygens (including phenoxy) is 1. The fraction of sp³-hybridized carbons (Fsp3) is 0.481. The third kappa shape index (κ3) is 3.77. The maximum absolute atomic E-state index is 13.9. The highest BCUT2D eigenvalue weighted by Gasteiger charge is 2.48. The number of carbonyl (C=O) groups is 2. The molecule has 2 amide bonds. The summed E-state index contributed by atoms with van der Waals surface area (Å²) in [5, 5.41) is 3.32. The van der Waals surface area contributed by atoms with Gasteiger partial charge in [-0.15, -0.1) is 0 Å². The largest absolute Gasteiger partial charge is 0.494 e. The number of benzene rings is 1. The van der Waals surface area contributed by atoms with Gasteiger partial charge in [-0.2, -0.15) is 0 Å². The summed E-state index contributed by atoms with van der Waals surface area (Å²) in [5.74, 6) is 0.870. The normalized spacial score (nSPS) is 24.8. The highest BCUT2D eigenvalue weighted by atomic mass is 16.5. The van der Waals surface area contributed by atoms with E-state index in [0.29, 0.717) is 30.3 Å². The molecule has 3 atom stereocenters. The van der Waals surface area contributed by atoms with Gasteiger partial charge in [0.15, 0.2) is 5.58 Å². The molecule has 0 saturated heterocycles. The van der Waals surface area contributed by atoms with Gasteiger partial charge >= 0.3 is 0 Å². The van der Waals surface area contributed by atoms with Crippen LogP contribution >= 0.6 is 0 Å². The van der Waals surface area contributed by atoms with Gasteiger partial charge < -0.3 is 23.9 Å². The predicted octanol–water partition coefficient (Wildman–Crippen LogP) is 4.74. The number of rotatable bonds is 6. The first-order chi connectivity index (χ1) is 16.4. The molecule has 1 aliphatic carbocycles. The summed E-state index contributed by atoms with van der Waals surface area (Å²) in [7, 11) is 0. The number of aromatic nitrogens is 1. The molecule has 2 aromatic heterocycles. The van der Waals surface area contributed by atoms with E-state index >= 15 is 0 Å². The van der Waals surface area contributed by atoms with Gasteiger partial charge in [0, 0.05) is 23.7 Å². The van der Waals surface area contributed by atoms with E-state index in [9.17, 15) is 9.59 Å². The first-order valence-electron chi connectivity index (χ1n) is 12.3. The molecular formula is C27H33N3O4. The summed E-state index contributed by atoms with van der Waals surface area (Å²) < 4.78 is 13.3. The Kier molecular flexibility index (Phi) is 5.88. The van der Waals surface area contributed by atoms with Crippen LogP contribution in [0.25, 0.3) is 11.1 Å². The van der Waals surface area contributed by atoms with Crippen molar-refractivity contribution in [1.29, 1.82) is 0 Å². The molecule has 1 saturated carbocycles. The molecule has 0 radical (unpaired) electrons. The Hall–Kier alpha value is -3.22. The van der Waals surface area contributed by atoms with Crippen molar-refractivity contribution in [3.63, 3.8) is 0 Å². The lowest BCUT2D eigenvalue weighted by molar-refractivity contribution is -0.134. The number of carbonyl (C=O) groups excluding carboxylic acids is 2. The second-order valence-corrected chi connectivity index (χ2v) is 9.83. The molecule has 0 unspecified atom stereocenters. The van der Waals surface area contributed by atoms with Gasteiger partial charge in [0.2, 0.25) is 5.91 Å². The summed E-state index contributed by atoms with van der Waals surface area (Å²) in [6, 6.07) is 11.5. The Labute approximate surface area is 200 Å². The van der Waals surface area contributed by atoms with Crippen LogP contribution < -0.4 is 10.1 Å². The van der Waals surface area contributed by atoms with E-state index in [2.05, 4.69) is 12.2 Å². The molecule has 7 nitrogen and oxygen atoms in total. The van der Waals surface area contributed by atoms with E-state index < -0.39 is 5.54 Å². The minimum atomic E-state index is -1.07. The highest BCUT2D eigenvalue weighted by Crippen LogP contribution is 2.35. The molecule has 1 fully saturated rings. The van der Waals surface area contributed by atoms with Gasteiger partial charge in [0.05, 0.1) is 31.5 Å². The lowest BCUT2D eigenvalue weighted by Crippen LogP contribution is -2.65. The molecule has 3 aromatic rings. The molecule has 2 aliphatic rings. The van der Waals surface area contributed by atoms with Crippen LogP contribution in [-0.4, -0.2) is 39.5 Å². The van der Waals surface area contributed by atoms with Crippen LogP contribution in [-0.2, 0) is 17.9 Å². The van der Waals surface area contributed by atoms with Crippen LogP contribution in [0.2, 0.25) is 0 Å². The topological polar surface area (TPSA) is 76.7 Å². The zero-order valence-electron chi connectivity index (χ0n) is 20.2. The van der Waals surface area contributed by atoms with Gasteiger partial charge in [0.25, 0.3) is 5.91 Å². The summed E-state index contributed by atoms with van der Waals surface area (Å²) in [6.07, 6.45) is 6.03. The van der Waals surface area contributed by atoms with Crippen molar-refractivity contribution in [1.82, 2.24) is 14.8 Å². The molecule has 1 aromatic carbocycles. The van der Waals surface area contributed by atoms with Gasteiger partial charge in [-0.3, -0.25) is 9.59 Å². The van der Waals surface area contributed by atoms with Gasteiger partial charge in [-0.05, 0) is 38.7 Å². The summed E-state index contributed by atoms with van der Waals surface area (Å²) in [4.78, 5) is 29.5. The SMILES string of the molecule is CCOc1ccccc1CN1C(=O)c2cc3occc3n2C[C@]1(C)C(=O)N[C@H]1CCCC[C@H]1C. The van der Waals surface area contributed by atoms with Crippen molar-refractivity contribution in [2.75, 3.05) is 6.61 Å². The van der Waals surface area contributed by atoms with Crippen LogP contribution in [0.5, 0.6) is 5.75 Å². The van der Waals surface area contributed by atoms with Crippen molar-refractivity contribution in [2.24, 2.45) is 5.92 Å². The van der Waals surface area contributed by atoms with E-state index in [-0.39, 0.29) is 24.4 Å². The number of hydrogen-bond acceptors (Lipinski definition) is 4. The maximum atomic E-state index is 13.9. The summed E-state index contributed by atoms with van der Waals surface area (Å²) in [5.41, 5.74) is 1.85. The summed E-state index contributed by atoms with van der Waals surface area (Å²) >= 11 is 0. The molecule has 1 N–H and O–H groups in total. The average molecular weight is 464 g/mol. The van der Waals surface area contributed by atoms with E-state index in [0.717, 1.165) is 36.1 Å². The quantitative estimate of drug-likeness (QED) is 0.573. The molecule has 34 heavy (non-hydrogen) atoms. The number of amides is 2. The fourth-order valence-electron chi connectivity index (χ4n) is 5.48. The lowest BCUT2D eigenvalue weighted by atomic mass is 9.85. The van der Waals surface area contributed by atoms with Gasteiger partial charge in [0.1, 0.15) is 17.0 Å². The molecule has 1 aliphatic heterocycles. The molecule has 0 bridgehead atoms. The molecule has 180 valence electrons. The Morgan fingerprint density at radius 1 is 1.24 bits per heavy atom. The third-order valence-electron chi connectivity index (χ3n) is 7.57. The van der Waals surface area contributed by atoms with Crippen LogP contribution in [0, 0.1) is 5.92 Å². The predicted molar refractivity (Wildman–Crippen MR) is 130 cm³/mol. The number of fused-ring (bicyclic) bond motifs is 3. The smallest absolute Gasteiger partial charge is 0.271 e. The number of nitrogens with one attached hydrogen (secondary N) is 1. The Morgan fingerprint density at radius 3 is 2.82 bits per heavy atom. The third-order valence-corrected chi connectivity index (χ3v) is 7.57. The average Bonchev–Trinajstić information content (AvgIpc) is 3.42. The Balaban J connectivity index is 1.54. The van der Waals surface area contributed by atoms with Crippen molar-refractivity contribution in [2.45, 2.75) is 71.1 Å². The van der Waals surface area contributed by atoms with Crippen LogP contribution in [0.3, 0.4) is 0 Å². The first-order valence-corrected chi connectivity index (χ1v) is 12.3. The monoisotopic (exact) mass is 463 g/mol. The molecule has 0 spiro atoms. The number of furan rings is 1. The number of hydrogen-bond donors (Lipinski definition) is 1. The van der Waals surface area contributed by atoms with Crippen LogP contribution in [0.4, 0.5) is 0 Å². The van der Waals surface area contributed by atoms with Gasteiger partial charge in [-0.1, -0.05) is 38.0 Å². The van der Waals surface area contributed by atoms with Crippen LogP contribution in [0.15, 0.2) is 47.1 Å². The fourth-order valence-corrected chi connectivity index (χ4v) is 5.48. The molecular weight excluding hydrogens is 430 g/mol. The molecule has 3 heterocycles. The highest BCUT2D eigenvalue weighted by molar-refractivity contribution is 6.03. The Bertz CT molecular complexity index is 1210. The second-order valence-electron chi connectivity index (χ2n) is 9.83. The Morgan fingerprint density at radius 2 is 2.03 bits per heavy atom. The number of para-hydroxylation sites is 1. The molecule has 5 rings (SSSR count). The molecule has 7 heteroatoms. The van der Waals surface area contributed by atoms with E-state index in [1.54, 1.807) is 17.2 Å². The lowest BCUT2D eigenvalue weighted by Gasteiger charge is -2.45. The minimum absolute atomic E-state index is 0.107. The van der Waals surface area contributed by atoms with E-state index in [4.69, 9.17) is 9.15 Å².